The minimum absolute atomic E-state index is 0.0724. The molecule has 2 amide bonds. The molecule has 6 heteroatoms. The molecule has 1 atom stereocenters. The van der Waals surface area contributed by atoms with Gasteiger partial charge in [0.2, 0.25) is 6.10 Å². The molecule has 1 aliphatic rings. The molecule has 1 aliphatic heterocycles. The Morgan fingerprint density at radius 1 is 1.06 bits per heavy atom. The van der Waals surface area contributed by atoms with E-state index < -0.39 is 6.10 Å². The third kappa shape index (κ3) is 3.99. The first kappa shape index (κ1) is 20.2. The van der Waals surface area contributed by atoms with Crippen LogP contribution in [0.1, 0.15) is 33.2 Å². The smallest absolute Gasteiger partial charge is 0.273 e. The van der Waals surface area contributed by atoms with Crippen molar-refractivity contribution in [3.8, 4) is 11.8 Å². The van der Waals surface area contributed by atoms with Crippen molar-refractivity contribution in [1.82, 2.24) is 4.90 Å². The summed E-state index contributed by atoms with van der Waals surface area (Å²) in [7, 11) is 3.42. The molecule has 0 fully saturated rings. The normalized spacial score (nSPS) is 14.9. The predicted molar refractivity (Wildman–Crippen MR) is 117 cm³/mol. The third-order valence-corrected chi connectivity index (χ3v) is 5.16. The van der Waals surface area contributed by atoms with Crippen LogP contribution in [0.5, 0.6) is 5.75 Å². The summed E-state index contributed by atoms with van der Waals surface area (Å²) in [5, 5.41) is 9.21. The zero-order valence-corrected chi connectivity index (χ0v) is 17.3. The summed E-state index contributed by atoms with van der Waals surface area (Å²) in [5.41, 5.74) is 3.28. The molecule has 3 aromatic carbocycles. The zero-order chi connectivity index (χ0) is 22.0. The fourth-order valence-electron chi connectivity index (χ4n) is 3.56. The van der Waals surface area contributed by atoms with Crippen LogP contribution >= 0.6 is 0 Å². The molecule has 0 radical (unpaired) electrons. The molecular weight excluding hydrogens is 390 g/mol. The number of rotatable bonds is 4. The predicted octanol–water partition coefficient (Wildman–Crippen LogP) is 3.93. The van der Waals surface area contributed by atoms with Crippen molar-refractivity contribution in [2.75, 3.05) is 19.0 Å². The molecule has 0 saturated carbocycles. The van der Waals surface area contributed by atoms with Crippen LogP contribution in [0.3, 0.4) is 0 Å². The first-order chi connectivity index (χ1) is 15.0. The number of para-hydroxylation sites is 2. The molecule has 0 bridgehead atoms. The minimum atomic E-state index is -0.835. The van der Waals surface area contributed by atoms with E-state index in [2.05, 4.69) is 6.07 Å². The van der Waals surface area contributed by atoms with E-state index in [9.17, 15) is 14.9 Å². The molecule has 6 nitrogen and oxygen atoms in total. The summed E-state index contributed by atoms with van der Waals surface area (Å²) in [4.78, 5) is 28.8. The first-order valence-corrected chi connectivity index (χ1v) is 9.85. The molecule has 0 N–H and O–H groups in total. The Kier molecular flexibility index (Phi) is 5.42. The van der Waals surface area contributed by atoms with Crippen molar-refractivity contribution in [3.05, 3.63) is 95.1 Å². The van der Waals surface area contributed by atoms with E-state index in [1.54, 1.807) is 55.4 Å². The average Bonchev–Trinajstić information content (AvgIpc) is 2.80. The van der Waals surface area contributed by atoms with E-state index in [-0.39, 0.29) is 11.8 Å². The second-order valence-corrected chi connectivity index (χ2v) is 7.52. The average molecular weight is 411 g/mol. The Hall–Kier alpha value is -4.11. The van der Waals surface area contributed by atoms with Crippen LogP contribution < -0.4 is 9.64 Å². The number of fused-ring (bicyclic) bond motifs is 1. The molecular formula is C25H21N3O3. The number of anilines is 1. The van der Waals surface area contributed by atoms with Gasteiger partial charge in [0, 0.05) is 25.2 Å². The lowest BCUT2D eigenvalue weighted by Gasteiger charge is -2.34. The van der Waals surface area contributed by atoms with E-state index in [0.29, 0.717) is 34.7 Å². The van der Waals surface area contributed by atoms with Crippen molar-refractivity contribution in [2.24, 2.45) is 0 Å². The first-order valence-electron chi connectivity index (χ1n) is 9.85. The van der Waals surface area contributed by atoms with Crippen LogP contribution in [0.2, 0.25) is 0 Å². The van der Waals surface area contributed by atoms with Gasteiger partial charge >= 0.3 is 0 Å². The van der Waals surface area contributed by atoms with Gasteiger partial charge in [-0.05, 0) is 42.0 Å². The summed E-state index contributed by atoms with van der Waals surface area (Å²) in [6, 6.07) is 23.6. The number of ether oxygens (including phenoxy) is 1. The lowest BCUT2D eigenvalue weighted by atomic mass is 10.0. The molecule has 0 spiro atoms. The van der Waals surface area contributed by atoms with Gasteiger partial charge in [-0.2, -0.15) is 5.26 Å². The van der Waals surface area contributed by atoms with E-state index >= 15 is 0 Å². The Bertz CT molecular complexity index is 1180. The van der Waals surface area contributed by atoms with Crippen LogP contribution in [0.15, 0.2) is 72.8 Å². The Balaban J connectivity index is 1.66. The monoisotopic (exact) mass is 411 g/mol. The van der Waals surface area contributed by atoms with Crippen molar-refractivity contribution in [2.45, 2.75) is 12.6 Å². The van der Waals surface area contributed by atoms with Gasteiger partial charge in [-0.25, -0.2) is 0 Å². The number of carbonyl (C=O) groups excluding carboxylic acids is 2. The van der Waals surface area contributed by atoms with Crippen LogP contribution in [-0.2, 0) is 11.3 Å². The topological polar surface area (TPSA) is 73.6 Å². The maximum atomic E-state index is 13.4. The second-order valence-electron chi connectivity index (χ2n) is 7.52. The number of hydrogen-bond acceptors (Lipinski definition) is 4. The van der Waals surface area contributed by atoms with Crippen molar-refractivity contribution >= 4 is 17.5 Å². The maximum Gasteiger partial charge on any atom is 0.273 e. The highest BCUT2D eigenvalue weighted by Gasteiger charge is 2.35. The fraction of sp³-hybridized carbons (Fsp3) is 0.160. The molecule has 4 rings (SSSR count). The van der Waals surface area contributed by atoms with Crippen molar-refractivity contribution in [3.63, 3.8) is 0 Å². The quantitative estimate of drug-likeness (QED) is 0.652. The highest BCUT2D eigenvalue weighted by molar-refractivity contribution is 6.00. The standard InChI is InChI=1S/C25H21N3O3/c1-27(2)24(29)19-12-10-17(11-13-19)16-28-21-8-3-4-9-22(21)31-23(25(28)30)20-7-5-6-18(14-20)15-26/h3-14,23H,16H2,1-2H3. The molecule has 0 saturated heterocycles. The van der Waals surface area contributed by atoms with E-state index in [1.165, 1.54) is 4.90 Å². The Morgan fingerprint density at radius 3 is 2.52 bits per heavy atom. The second kappa shape index (κ2) is 8.33. The fourth-order valence-corrected chi connectivity index (χ4v) is 3.56. The van der Waals surface area contributed by atoms with Crippen LogP contribution in [-0.4, -0.2) is 30.8 Å². The number of nitrogens with zero attached hydrogens (tertiary/aromatic N) is 3. The van der Waals surface area contributed by atoms with Gasteiger partial charge in [-0.1, -0.05) is 36.4 Å². The summed E-state index contributed by atoms with van der Waals surface area (Å²) in [6.07, 6.45) is -0.835. The van der Waals surface area contributed by atoms with Crippen LogP contribution in [0.4, 0.5) is 5.69 Å². The minimum Gasteiger partial charge on any atom is -0.474 e. The van der Waals surface area contributed by atoms with E-state index in [4.69, 9.17) is 4.74 Å². The summed E-state index contributed by atoms with van der Waals surface area (Å²) < 4.78 is 6.02. The highest BCUT2D eigenvalue weighted by atomic mass is 16.5. The van der Waals surface area contributed by atoms with Crippen LogP contribution in [0.25, 0.3) is 0 Å². The van der Waals surface area contributed by atoms with Gasteiger partial charge in [0.15, 0.2) is 0 Å². The van der Waals surface area contributed by atoms with Crippen LogP contribution in [0, 0.1) is 11.3 Å². The molecule has 1 heterocycles. The number of benzene rings is 3. The Morgan fingerprint density at radius 2 is 1.81 bits per heavy atom. The van der Waals surface area contributed by atoms with E-state index in [1.807, 2.05) is 36.4 Å². The number of hydrogen-bond donors (Lipinski definition) is 0. The van der Waals surface area contributed by atoms with Gasteiger partial charge in [0.1, 0.15) is 5.75 Å². The van der Waals surface area contributed by atoms with Crippen molar-refractivity contribution < 1.29 is 14.3 Å². The maximum absolute atomic E-state index is 13.4. The number of nitriles is 1. The molecule has 154 valence electrons. The highest BCUT2D eigenvalue weighted by Crippen LogP contribution is 2.39. The molecule has 0 aliphatic carbocycles. The lowest BCUT2D eigenvalue weighted by Crippen LogP contribution is -2.40. The molecule has 0 aromatic heterocycles. The number of amides is 2. The summed E-state index contributed by atoms with van der Waals surface area (Å²) >= 11 is 0. The Labute approximate surface area is 180 Å². The SMILES string of the molecule is CN(C)C(=O)c1ccc(CN2C(=O)C(c3cccc(C#N)c3)Oc3ccccc32)cc1. The van der Waals surface area contributed by atoms with Gasteiger partial charge in [-0.3, -0.25) is 9.59 Å². The molecule has 3 aromatic rings. The summed E-state index contributed by atoms with van der Waals surface area (Å²) in [5.74, 6) is 0.327. The third-order valence-electron chi connectivity index (χ3n) is 5.16. The van der Waals surface area contributed by atoms with Crippen molar-refractivity contribution in [1.29, 1.82) is 5.26 Å². The van der Waals surface area contributed by atoms with Gasteiger partial charge in [0.05, 0.1) is 23.9 Å². The van der Waals surface area contributed by atoms with Gasteiger partial charge in [0.25, 0.3) is 11.8 Å². The molecule has 31 heavy (non-hydrogen) atoms. The van der Waals surface area contributed by atoms with E-state index in [0.717, 1.165) is 5.56 Å². The largest absolute Gasteiger partial charge is 0.474 e. The summed E-state index contributed by atoms with van der Waals surface area (Å²) in [6.45, 7) is 0.337. The van der Waals surface area contributed by atoms with Gasteiger partial charge < -0.3 is 14.5 Å². The molecule has 1 unspecified atom stereocenters. The van der Waals surface area contributed by atoms with Gasteiger partial charge in [-0.15, -0.1) is 0 Å². The lowest BCUT2D eigenvalue weighted by molar-refractivity contribution is -0.126. The number of carbonyl (C=O) groups is 2. The zero-order valence-electron chi connectivity index (χ0n) is 17.3.